The predicted octanol–water partition coefficient (Wildman–Crippen LogP) is 3.89. The monoisotopic (exact) mass is 316 g/mol. The molecule has 0 unspecified atom stereocenters. The molecule has 0 spiro atoms. The average Bonchev–Trinajstić information content (AvgIpc) is 3.05. The summed E-state index contributed by atoms with van der Waals surface area (Å²) in [6.07, 6.45) is 6.76. The molecule has 0 aliphatic heterocycles. The maximum atomic E-state index is 4.64. The summed E-state index contributed by atoms with van der Waals surface area (Å²) >= 11 is 3.50. The van der Waals surface area contributed by atoms with Gasteiger partial charge in [0.15, 0.2) is 10.8 Å². The number of rotatable bonds is 3. The van der Waals surface area contributed by atoms with Crippen molar-refractivity contribution in [1.29, 1.82) is 0 Å². The molecule has 0 radical (unpaired) electrons. The van der Waals surface area contributed by atoms with Gasteiger partial charge in [0, 0.05) is 10.6 Å². The third-order valence-corrected chi connectivity index (χ3v) is 6.15. The first kappa shape index (κ1) is 13.3. The zero-order chi connectivity index (χ0) is 14.4. The van der Waals surface area contributed by atoms with Crippen LogP contribution in [0.25, 0.3) is 15.9 Å². The van der Waals surface area contributed by atoms with Crippen LogP contribution in [0.15, 0.2) is 23.6 Å². The van der Waals surface area contributed by atoms with E-state index < -0.39 is 0 Å². The molecular weight excluding hydrogens is 300 g/mol. The van der Waals surface area contributed by atoms with Gasteiger partial charge in [-0.05, 0) is 38.2 Å². The lowest BCUT2D eigenvalue weighted by Crippen LogP contribution is -1.99. The van der Waals surface area contributed by atoms with E-state index in [1.165, 1.54) is 35.1 Å². The van der Waals surface area contributed by atoms with Gasteiger partial charge >= 0.3 is 0 Å². The largest absolute Gasteiger partial charge is 0.260 e. The van der Waals surface area contributed by atoms with Crippen LogP contribution in [-0.4, -0.2) is 25.3 Å². The smallest absolute Gasteiger partial charge is 0.197 e. The predicted molar refractivity (Wildman–Crippen MR) is 88.3 cm³/mol. The first-order valence-electron chi connectivity index (χ1n) is 7.15. The number of nitrogens with zero attached hydrogens (tertiary/aromatic N) is 4. The molecule has 6 heteroatoms. The van der Waals surface area contributed by atoms with Crippen molar-refractivity contribution in [2.45, 2.75) is 37.8 Å². The van der Waals surface area contributed by atoms with Gasteiger partial charge in [-0.25, -0.2) is 4.98 Å². The summed E-state index contributed by atoms with van der Waals surface area (Å²) in [4.78, 5) is 7.25. The van der Waals surface area contributed by atoms with Gasteiger partial charge < -0.3 is 0 Å². The highest BCUT2D eigenvalue weighted by atomic mass is 32.2. The third-order valence-electron chi connectivity index (χ3n) is 3.78. The van der Waals surface area contributed by atoms with Gasteiger partial charge in [0.1, 0.15) is 11.2 Å². The molecule has 0 aromatic carbocycles. The van der Waals surface area contributed by atoms with Crippen LogP contribution in [0.3, 0.4) is 0 Å². The molecule has 1 aliphatic carbocycles. The summed E-state index contributed by atoms with van der Waals surface area (Å²) in [7, 11) is 0. The summed E-state index contributed by atoms with van der Waals surface area (Å²) in [5.41, 5.74) is 3.56. The SMILES string of the molecule is C=C(C)CSc1nnc2c3c4c(sc3ncn12)CCCC4. The van der Waals surface area contributed by atoms with E-state index in [0.717, 1.165) is 33.4 Å². The molecule has 108 valence electrons. The molecule has 3 aromatic heterocycles. The van der Waals surface area contributed by atoms with Crippen molar-refractivity contribution in [1.82, 2.24) is 19.6 Å². The minimum absolute atomic E-state index is 0.862. The lowest BCUT2D eigenvalue weighted by atomic mass is 9.97. The van der Waals surface area contributed by atoms with Gasteiger partial charge in [0.05, 0.1) is 5.39 Å². The molecule has 0 fully saturated rings. The molecule has 4 nitrogen and oxygen atoms in total. The molecule has 4 rings (SSSR count). The second-order valence-electron chi connectivity index (χ2n) is 5.56. The Morgan fingerprint density at radius 3 is 3.10 bits per heavy atom. The summed E-state index contributed by atoms with van der Waals surface area (Å²) in [6.45, 7) is 5.97. The number of thioether (sulfide) groups is 1. The number of hydrogen-bond acceptors (Lipinski definition) is 5. The van der Waals surface area contributed by atoms with E-state index >= 15 is 0 Å². The molecule has 0 atom stereocenters. The number of hydrogen-bond donors (Lipinski definition) is 0. The van der Waals surface area contributed by atoms with Crippen molar-refractivity contribution in [3.05, 3.63) is 28.9 Å². The third kappa shape index (κ3) is 2.17. The molecule has 0 saturated heterocycles. The van der Waals surface area contributed by atoms with Crippen LogP contribution < -0.4 is 0 Å². The Morgan fingerprint density at radius 2 is 2.24 bits per heavy atom. The maximum Gasteiger partial charge on any atom is 0.197 e. The topological polar surface area (TPSA) is 43.1 Å². The molecular formula is C15H16N4S2. The number of aryl methyl sites for hydroxylation is 2. The molecule has 3 aromatic rings. The fourth-order valence-corrected chi connectivity index (χ4v) is 4.79. The zero-order valence-electron chi connectivity index (χ0n) is 11.9. The van der Waals surface area contributed by atoms with Gasteiger partial charge in [0.25, 0.3) is 0 Å². The van der Waals surface area contributed by atoms with Crippen molar-refractivity contribution in [2.75, 3.05) is 5.75 Å². The van der Waals surface area contributed by atoms with Gasteiger partial charge in [0.2, 0.25) is 0 Å². The van der Waals surface area contributed by atoms with E-state index in [2.05, 4.69) is 21.8 Å². The molecule has 0 bridgehead atoms. The van der Waals surface area contributed by atoms with Gasteiger partial charge in [-0.3, -0.25) is 4.40 Å². The summed E-state index contributed by atoms with van der Waals surface area (Å²) in [5.74, 6) is 0.862. The van der Waals surface area contributed by atoms with E-state index in [1.54, 1.807) is 11.8 Å². The standard InChI is InChI=1S/C15H16N4S2/c1-9(2)7-20-15-18-17-13-12-10-5-3-4-6-11(10)21-14(12)16-8-19(13)15/h8H,1,3-7H2,2H3. The van der Waals surface area contributed by atoms with Crippen LogP contribution in [0.2, 0.25) is 0 Å². The highest BCUT2D eigenvalue weighted by Gasteiger charge is 2.20. The Bertz CT molecular complexity index is 846. The van der Waals surface area contributed by atoms with Gasteiger partial charge in [-0.1, -0.05) is 23.9 Å². The number of aromatic nitrogens is 4. The first-order valence-corrected chi connectivity index (χ1v) is 8.95. The molecule has 0 N–H and O–H groups in total. The van der Waals surface area contributed by atoms with Crippen LogP contribution in [0, 0.1) is 0 Å². The van der Waals surface area contributed by atoms with Crippen molar-refractivity contribution in [2.24, 2.45) is 0 Å². The van der Waals surface area contributed by atoms with Crippen LogP contribution in [0.4, 0.5) is 0 Å². The lowest BCUT2D eigenvalue weighted by molar-refractivity contribution is 0.700. The van der Waals surface area contributed by atoms with Crippen molar-refractivity contribution < 1.29 is 0 Å². The van der Waals surface area contributed by atoms with Gasteiger partial charge in [-0.2, -0.15) is 0 Å². The Balaban J connectivity index is 1.89. The van der Waals surface area contributed by atoms with Crippen LogP contribution in [0.5, 0.6) is 0 Å². The summed E-state index contributed by atoms with van der Waals surface area (Å²) in [5, 5.41) is 10.9. The van der Waals surface area contributed by atoms with E-state index in [9.17, 15) is 0 Å². The number of thiophene rings is 1. The van der Waals surface area contributed by atoms with Crippen molar-refractivity contribution in [3.8, 4) is 0 Å². The lowest BCUT2D eigenvalue weighted by Gasteiger charge is -2.10. The zero-order valence-corrected chi connectivity index (χ0v) is 13.6. The average molecular weight is 316 g/mol. The molecule has 0 amide bonds. The minimum Gasteiger partial charge on any atom is -0.260 e. The Labute approximate surface area is 131 Å². The molecule has 0 saturated carbocycles. The highest BCUT2D eigenvalue weighted by molar-refractivity contribution is 7.99. The normalized spacial score (nSPS) is 14.7. The van der Waals surface area contributed by atoms with E-state index in [1.807, 2.05) is 29.0 Å². The quantitative estimate of drug-likeness (QED) is 0.543. The van der Waals surface area contributed by atoms with E-state index in [0.29, 0.717) is 0 Å². The molecule has 3 heterocycles. The van der Waals surface area contributed by atoms with Crippen molar-refractivity contribution in [3.63, 3.8) is 0 Å². The fourth-order valence-electron chi connectivity index (χ4n) is 2.82. The van der Waals surface area contributed by atoms with Crippen LogP contribution in [-0.2, 0) is 12.8 Å². The summed E-state index contributed by atoms with van der Waals surface area (Å²) in [6, 6.07) is 0. The van der Waals surface area contributed by atoms with Crippen LogP contribution >= 0.6 is 23.1 Å². The maximum absolute atomic E-state index is 4.64. The Hall–Kier alpha value is -1.40. The second-order valence-corrected chi connectivity index (χ2v) is 7.58. The Morgan fingerprint density at radius 1 is 1.38 bits per heavy atom. The first-order chi connectivity index (χ1) is 10.2. The van der Waals surface area contributed by atoms with Crippen LogP contribution in [0.1, 0.15) is 30.2 Å². The number of fused-ring (bicyclic) bond motifs is 5. The summed E-state index contributed by atoms with van der Waals surface area (Å²) < 4.78 is 2.03. The van der Waals surface area contributed by atoms with Gasteiger partial charge in [-0.15, -0.1) is 21.5 Å². The highest BCUT2D eigenvalue weighted by Crippen LogP contribution is 2.37. The Kier molecular flexibility index (Phi) is 3.23. The van der Waals surface area contributed by atoms with E-state index in [4.69, 9.17) is 0 Å². The second kappa shape index (κ2) is 5.10. The minimum atomic E-state index is 0.862. The van der Waals surface area contributed by atoms with Crippen molar-refractivity contribution >= 4 is 39.0 Å². The van der Waals surface area contributed by atoms with E-state index in [-0.39, 0.29) is 0 Å². The molecule has 1 aliphatic rings. The fraction of sp³-hybridized carbons (Fsp3) is 0.400. The molecule has 21 heavy (non-hydrogen) atoms.